The van der Waals surface area contributed by atoms with Crippen molar-refractivity contribution in [3.63, 3.8) is 0 Å². The van der Waals surface area contributed by atoms with Crippen LogP contribution in [0.25, 0.3) is 11.3 Å². The van der Waals surface area contributed by atoms with Gasteiger partial charge in [0.1, 0.15) is 0 Å². The van der Waals surface area contributed by atoms with E-state index in [1.54, 1.807) is 6.20 Å². The molecule has 7 heteroatoms. The highest BCUT2D eigenvalue weighted by atomic mass is 127. The van der Waals surface area contributed by atoms with Gasteiger partial charge in [-0.05, 0) is 32.2 Å². The van der Waals surface area contributed by atoms with E-state index in [0.29, 0.717) is 17.2 Å². The van der Waals surface area contributed by atoms with E-state index in [-0.39, 0.29) is 5.25 Å². The van der Waals surface area contributed by atoms with Gasteiger partial charge in [-0.2, -0.15) is 0 Å². The van der Waals surface area contributed by atoms with Crippen LogP contribution in [-0.2, 0) is 10.8 Å². The van der Waals surface area contributed by atoms with Gasteiger partial charge in [-0.15, -0.1) is 0 Å². The lowest BCUT2D eigenvalue weighted by atomic mass is 10.1. The van der Waals surface area contributed by atoms with Gasteiger partial charge in [-0.25, -0.2) is 9.97 Å². The second-order valence-corrected chi connectivity index (χ2v) is 8.35. The number of nitrogens with zero attached hydrogens (tertiary/aromatic N) is 2. The van der Waals surface area contributed by atoms with Crippen molar-refractivity contribution in [3.8, 4) is 22.4 Å². The molecule has 0 aliphatic carbocycles. The number of halogens is 1. The highest BCUT2D eigenvalue weighted by Gasteiger charge is 2.09. The maximum Gasteiger partial charge on any atom is 0.158 e. The molecular weight excluding hydrogens is 429 g/mol. The number of benzene rings is 1. The molecule has 1 atom stereocenters. The molecule has 114 valence electrons. The fourth-order valence-electron chi connectivity index (χ4n) is 1.73. The summed E-state index contributed by atoms with van der Waals surface area (Å²) in [6.07, 6.45) is 1.62. The first-order valence-electron chi connectivity index (χ1n) is 6.45. The van der Waals surface area contributed by atoms with Gasteiger partial charge in [0.05, 0.1) is 22.7 Å². The highest BCUT2D eigenvalue weighted by molar-refractivity contribution is 14.2. The summed E-state index contributed by atoms with van der Waals surface area (Å²) in [7, 11) is 0.372. The van der Waals surface area contributed by atoms with Crippen molar-refractivity contribution in [2.45, 2.75) is 24.0 Å². The van der Waals surface area contributed by atoms with E-state index in [1.165, 1.54) is 8.93 Å². The Hall–Kier alpha value is -1.11. The van der Waals surface area contributed by atoms with Gasteiger partial charge in [0.25, 0.3) is 0 Å². The topological polar surface area (TPSA) is 68.9 Å². The Kier molecular flexibility index (Phi) is 6.23. The SMILES string of the molecule is CC(C)S(=O)c1ccc(-c2cnc(N)c(C#CSI)n2)cc1. The molecule has 0 bridgehead atoms. The molecule has 0 radical (unpaired) electrons. The lowest BCUT2D eigenvalue weighted by Gasteiger charge is -2.07. The average molecular weight is 443 g/mol. The fourth-order valence-corrected chi connectivity index (χ4v) is 3.14. The van der Waals surface area contributed by atoms with Crippen LogP contribution in [0.15, 0.2) is 35.4 Å². The van der Waals surface area contributed by atoms with Crippen molar-refractivity contribution in [1.82, 2.24) is 9.97 Å². The minimum absolute atomic E-state index is 0.0924. The summed E-state index contributed by atoms with van der Waals surface area (Å²) in [5, 5.41) is 2.94. The van der Waals surface area contributed by atoms with Crippen molar-refractivity contribution in [2.24, 2.45) is 0 Å². The van der Waals surface area contributed by atoms with E-state index in [4.69, 9.17) is 5.73 Å². The molecule has 0 spiro atoms. The zero-order chi connectivity index (χ0) is 16.1. The van der Waals surface area contributed by atoms with Crippen LogP contribution in [0.5, 0.6) is 0 Å². The Morgan fingerprint density at radius 1 is 1.32 bits per heavy atom. The minimum Gasteiger partial charge on any atom is -0.381 e. The highest BCUT2D eigenvalue weighted by Crippen LogP contribution is 2.21. The quantitative estimate of drug-likeness (QED) is 0.580. The van der Waals surface area contributed by atoms with Gasteiger partial charge < -0.3 is 5.73 Å². The third kappa shape index (κ3) is 4.21. The number of aromatic nitrogens is 2. The number of nitrogens with two attached hydrogens (primary N) is 1. The van der Waals surface area contributed by atoms with Crippen LogP contribution in [0.2, 0.25) is 0 Å². The molecule has 1 unspecified atom stereocenters. The number of hydrogen-bond acceptors (Lipinski definition) is 5. The van der Waals surface area contributed by atoms with Crippen molar-refractivity contribution in [1.29, 1.82) is 0 Å². The standard InChI is InChI=1S/C15H14IN3OS2/c1-10(2)22(20)12-5-3-11(4-6-12)14-9-18-15(17)13(19-14)7-8-21-16/h3-6,9-10H,1-2H3,(H2,17,18). The molecule has 2 N–H and O–H groups in total. The third-order valence-electron chi connectivity index (χ3n) is 2.82. The van der Waals surface area contributed by atoms with Crippen LogP contribution in [0, 0.1) is 11.2 Å². The molecule has 1 aromatic heterocycles. The van der Waals surface area contributed by atoms with Crippen molar-refractivity contribution in [2.75, 3.05) is 5.73 Å². The van der Waals surface area contributed by atoms with Crippen LogP contribution in [0.3, 0.4) is 0 Å². The fraction of sp³-hybridized carbons (Fsp3) is 0.200. The molecule has 0 fully saturated rings. The van der Waals surface area contributed by atoms with Gasteiger partial charge >= 0.3 is 0 Å². The van der Waals surface area contributed by atoms with Crippen molar-refractivity contribution < 1.29 is 4.21 Å². The summed E-state index contributed by atoms with van der Waals surface area (Å²) in [5.74, 6) is 3.19. The molecular formula is C15H14IN3OS2. The van der Waals surface area contributed by atoms with E-state index in [9.17, 15) is 4.21 Å². The number of anilines is 1. The maximum atomic E-state index is 12.1. The largest absolute Gasteiger partial charge is 0.381 e. The van der Waals surface area contributed by atoms with E-state index in [0.717, 1.165) is 10.5 Å². The summed E-state index contributed by atoms with van der Waals surface area (Å²) in [5.41, 5.74) is 7.83. The Balaban J connectivity index is 2.34. The molecule has 0 amide bonds. The molecule has 0 aliphatic heterocycles. The van der Waals surface area contributed by atoms with E-state index >= 15 is 0 Å². The molecule has 1 heterocycles. The first kappa shape index (κ1) is 17.2. The monoisotopic (exact) mass is 443 g/mol. The average Bonchev–Trinajstić information content (AvgIpc) is 2.53. The Labute approximate surface area is 148 Å². The van der Waals surface area contributed by atoms with Gasteiger partial charge in [-0.1, -0.05) is 26.0 Å². The minimum atomic E-state index is -0.994. The summed E-state index contributed by atoms with van der Waals surface area (Å²) in [4.78, 5) is 9.38. The van der Waals surface area contributed by atoms with Crippen molar-refractivity contribution >= 4 is 46.8 Å². The van der Waals surface area contributed by atoms with E-state index in [2.05, 4.69) is 42.3 Å². The number of nitrogen functional groups attached to an aromatic ring is 1. The number of rotatable bonds is 3. The van der Waals surface area contributed by atoms with Crippen LogP contribution < -0.4 is 5.73 Å². The predicted octanol–water partition coefficient (Wildman–Crippen LogP) is 3.63. The first-order chi connectivity index (χ1) is 10.5. The van der Waals surface area contributed by atoms with Crippen LogP contribution in [-0.4, -0.2) is 19.4 Å². The second kappa shape index (κ2) is 7.94. The number of hydrogen-bond donors (Lipinski definition) is 1. The summed E-state index contributed by atoms with van der Waals surface area (Å²) in [6.45, 7) is 3.87. The molecule has 22 heavy (non-hydrogen) atoms. The normalized spacial score (nSPS) is 11.8. The van der Waals surface area contributed by atoms with Crippen LogP contribution in [0.4, 0.5) is 5.82 Å². The summed E-state index contributed by atoms with van der Waals surface area (Å²) in [6, 6.07) is 7.49. The molecule has 1 aromatic carbocycles. The lowest BCUT2D eigenvalue weighted by molar-refractivity contribution is 0.677. The van der Waals surface area contributed by atoms with Crippen LogP contribution in [0.1, 0.15) is 19.5 Å². The zero-order valence-electron chi connectivity index (χ0n) is 12.0. The lowest BCUT2D eigenvalue weighted by Crippen LogP contribution is -2.05. The Morgan fingerprint density at radius 3 is 2.59 bits per heavy atom. The first-order valence-corrected chi connectivity index (χ1v) is 11.0. The zero-order valence-corrected chi connectivity index (χ0v) is 15.8. The maximum absolute atomic E-state index is 12.1. The van der Waals surface area contributed by atoms with Gasteiger partial charge in [-0.3, -0.25) is 4.21 Å². The molecule has 0 aliphatic rings. The summed E-state index contributed by atoms with van der Waals surface area (Å²) >= 11 is 2.09. The van der Waals surface area contributed by atoms with E-state index in [1.807, 2.05) is 38.1 Å². The molecule has 2 aromatic rings. The van der Waals surface area contributed by atoms with Crippen LogP contribution >= 0.6 is 30.1 Å². The molecule has 2 rings (SSSR count). The van der Waals surface area contributed by atoms with Gasteiger partial charge in [0.15, 0.2) is 11.5 Å². The van der Waals surface area contributed by atoms with Gasteiger partial charge in [0.2, 0.25) is 0 Å². The summed E-state index contributed by atoms with van der Waals surface area (Å²) < 4.78 is 12.1. The molecule has 0 saturated carbocycles. The van der Waals surface area contributed by atoms with E-state index < -0.39 is 10.8 Å². The molecule has 0 saturated heterocycles. The predicted molar refractivity (Wildman–Crippen MR) is 102 cm³/mol. The molecule has 4 nitrogen and oxygen atoms in total. The van der Waals surface area contributed by atoms with Gasteiger partial charge in [0, 0.05) is 36.9 Å². The Morgan fingerprint density at radius 2 is 2.00 bits per heavy atom. The third-order valence-corrected chi connectivity index (χ3v) is 5.25. The second-order valence-electron chi connectivity index (χ2n) is 4.66. The Bertz CT molecular complexity index is 752. The van der Waals surface area contributed by atoms with Crippen molar-refractivity contribution in [3.05, 3.63) is 36.2 Å². The smallest absolute Gasteiger partial charge is 0.158 e.